The molecule has 0 fully saturated rings. The van der Waals surface area contributed by atoms with Crippen LogP contribution in [0.15, 0.2) is 53.5 Å². The van der Waals surface area contributed by atoms with E-state index >= 15 is 0 Å². The van der Waals surface area contributed by atoms with E-state index in [1.807, 2.05) is 55.5 Å². The Bertz CT molecular complexity index is 801. The Morgan fingerprint density at radius 2 is 1.96 bits per heavy atom. The number of amides is 2. The predicted molar refractivity (Wildman–Crippen MR) is 106 cm³/mol. The van der Waals surface area contributed by atoms with Crippen LogP contribution in [0.3, 0.4) is 0 Å². The van der Waals surface area contributed by atoms with Gasteiger partial charge in [-0.1, -0.05) is 30.7 Å². The van der Waals surface area contributed by atoms with Crippen LogP contribution in [0.1, 0.15) is 31.2 Å². The lowest BCUT2D eigenvalue weighted by atomic mass is 10.1. The molecule has 3 rings (SSSR count). The Hall–Kier alpha value is -2.82. The first-order valence-electron chi connectivity index (χ1n) is 9.03. The number of nitrogens with zero attached hydrogens (tertiary/aromatic N) is 2. The number of para-hydroxylation sites is 2. The van der Waals surface area contributed by atoms with Gasteiger partial charge in [0.05, 0.1) is 18.5 Å². The van der Waals surface area contributed by atoms with Crippen molar-refractivity contribution in [3.8, 4) is 5.75 Å². The lowest BCUT2D eigenvalue weighted by Crippen LogP contribution is -2.40. The highest BCUT2D eigenvalue weighted by molar-refractivity contribution is 6.20. The van der Waals surface area contributed by atoms with E-state index in [1.165, 1.54) is 0 Å². The monoisotopic (exact) mass is 351 g/mol. The highest BCUT2D eigenvalue weighted by Crippen LogP contribution is 2.26. The minimum absolute atomic E-state index is 0.222. The molecular weight excluding hydrogens is 326 g/mol. The number of amidine groups is 1. The number of hydrogen-bond acceptors (Lipinski definition) is 3. The standard InChI is InChI=1S/C21H25N3O2/c1-16-9-8-10-17(15-16)24(20-13-4-3-7-14-22-20)21(25)23-18-11-5-6-12-19(18)26-2/h5-6,8-12,15H,3-4,7,13-14H2,1-2H3,(H,23,25). The minimum atomic E-state index is -0.222. The third-order valence-corrected chi connectivity index (χ3v) is 4.42. The van der Waals surface area contributed by atoms with Crippen molar-refractivity contribution in [1.82, 2.24) is 0 Å². The predicted octanol–water partition coefficient (Wildman–Crippen LogP) is 5.01. The summed E-state index contributed by atoms with van der Waals surface area (Å²) < 4.78 is 5.35. The summed E-state index contributed by atoms with van der Waals surface area (Å²) >= 11 is 0. The molecule has 0 spiro atoms. The van der Waals surface area contributed by atoms with Gasteiger partial charge < -0.3 is 10.1 Å². The van der Waals surface area contributed by atoms with Gasteiger partial charge >= 0.3 is 6.03 Å². The molecule has 136 valence electrons. The smallest absolute Gasteiger partial charge is 0.331 e. The van der Waals surface area contributed by atoms with Crippen molar-refractivity contribution in [1.29, 1.82) is 0 Å². The molecule has 0 atom stereocenters. The van der Waals surface area contributed by atoms with E-state index in [4.69, 9.17) is 4.74 Å². The van der Waals surface area contributed by atoms with Crippen LogP contribution in [0, 0.1) is 6.92 Å². The van der Waals surface area contributed by atoms with Gasteiger partial charge in [0.2, 0.25) is 0 Å². The first-order valence-corrected chi connectivity index (χ1v) is 9.03. The first-order chi connectivity index (χ1) is 12.7. The zero-order valence-electron chi connectivity index (χ0n) is 15.4. The average molecular weight is 351 g/mol. The number of aryl methyl sites for hydroxylation is 1. The van der Waals surface area contributed by atoms with Crippen LogP contribution in [0.4, 0.5) is 16.2 Å². The molecule has 0 aromatic heterocycles. The van der Waals surface area contributed by atoms with E-state index in [1.54, 1.807) is 12.0 Å². The average Bonchev–Trinajstić information content (AvgIpc) is 2.92. The lowest BCUT2D eigenvalue weighted by Gasteiger charge is -2.25. The fraction of sp³-hybridized carbons (Fsp3) is 0.333. The van der Waals surface area contributed by atoms with E-state index < -0.39 is 0 Å². The molecule has 1 heterocycles. The normalized spacial score (nSPS) is 14.2. The Morgan fingerprint density at radius 3 is 2.77 bits per heavy atom. The topological polar surface area (TPSA) is 53.9 Å². The van der Waals surface area contributed by atoms with Crippen molar-refractivity contribution in [2.24, 2.45) is 4.99 Å². The number of carbonyl (C=O) groups excluding carboxylic acids is 1. The molecule has 1 aliphatic rings. The van der Waals surface area contributed by atoms with Crippen LogP contribution < -0.4 is 15.0 Å². The van der Waals surface area contributed by atoms with Crippen molar-refractivity contribution < 1.29 is 9.53 Å². The number of anilines is 2. The molecule has 1 N–H and O–H groups in total. The maximum Gasteiger partial charge on any atom is 0.331 e. The molecule has 5 heteroatoms. The Balaban J connectivity index is 1.94. The maximum absolute atomic E-state index is 13.2. The second kappa shape index (κ2) is 8.52. The SMILES string of the molecule is COc1ccccc1NC(=O)N(C1=NCCCCC1)c1cccc(C)c1. The number of methoxy groups -OCH3 is 1. The molecular formula is C21H25N3O2. The van der Waals surface area contributed by atoms with Crippen LogP contribution in [-0.4, -0.2) is 25.5 Å². The van der Waals surface area contributed by atoms with Crippen molar-refractivity contribution in [3.63, 3.8) is 0 Å². The number of hydrogen-bond donors (Lipinski definition) is 1. The summed E-state index contributed by atoms with van der Waals surface area (Å²) in [6, 6.07) is 15.1. The van der Waals surface area contributed by atoms with Gasteiger partial charge in [-0.25, -0.2) is 4.79 Å². The number of nitrogens with one attached hydrogen (secondary N) is 1. The van der Waals surface area contributed by atoms with Crippen molar-refractivity contribution in [2.45, 2.75) is 32.6 Å². The van der Waals surface area contributed by atoms with Gasteiger partial charge in [0.1, 0.15) is 11.6 Å². The number of aliphatic imine (C=N–C) groups is 1. The lowest BCUT2D eigenvalue weighted by molar-refractivity contribution is 0.259. The Morgan fingerprint density at radius 1 is 1.12 bits per heavy atom. The van der Waals surface area contributed by atoms with Crippen molar-refractivity contribution >= 4 is 23.2 Å². The van der Waals surface area contributed by atoms with E-state index in [9.17, 15) is 4.79 Å². The van der Waals surface area contributed by atoms with Gasteiger partial charge in [0.25, 0.3) is 0 Å². The van der Waals surface area contributed by atoms with Gasteiger partial charge in [-0.05, 0) is 49.6 Å². The summed E-state index contributed by atoms with van der Waals surface area (Å²) in [7, 11) is 1.60. The molecule has 0 saturated carbocycles. The zero-order valence-corrected chi connectivity index (χ0v) is 15.4. The van der Waals surface area contributed by atoms with Gasteiger partial charge in [-0.15, -0.1) is 0 Å². The van der Waals surface area contributed by atoms with E-state index in [-0.39, 0.29) is 6.03 Å². The van der Waals surface area contributed by atoms with Crippen LogP contribution in [0.5, 0.6) is 5.75 Å². The Kier molecular flexibility index (Phi) is 5.89. The highest BCUT2D eigenvalue weighted by Gasteiger charge is 2.23. The van der Waals surface area contributed by atoms with Crippen molar-refractivity contribution in [2.75, 3.05) is 23.9 Å². The molecule has 2 aromatic carbocycles. The van der Waals surface area contributed by atoms with Crippen LogP contribution in [0.2, 0.25) is 0 Å². The molecule has 0 bridgehead atoms. The second-order valence-corrected chi connectivity index (χ2v) is 6.41. The third kappa shape index (κ3) is 4.23. The molecule has 0 aliphatic carbocycles. The molecule has 0 saturated heterocycles. The summed E-state index contributed by atoms with van der Waals surface area (Å²) in [6.07, 6.45) is 4.05. The fourth-order valence-corrected chi connectivity index (χ4v) is 3.11. The van der Waals surface area contributed by atoms with Gasteiger partial charge in [0, 0.05) is 13.0 Å². The molecule has 0 unspecified atom stereocenters. The maximum atomic E-state index is 13.2. The minimum Gasteiger partial charge on any atom is -0.495 e. The highest BCUT2D eigenvalue weighted by atomic mass is 16.5. The third-order valence-electron chi connectivity index (χ3n) is 4.42. The quantitative estimate of drug-likeness (QED) is 0.844. The Labute approximate surface area is 154 Å². The van der Waals surface area contributed by atoms with Gasteiger partial charge in [-0.2, -0.15) is 0 Å². The number of urea groups is 1. The summed E-state index contributed by atoms with van der Waals surface area (Å²) in [4.78, 5) is 19.6. The van der Waals surface area contributed by atoms with Crippen molar-refractivity contribution in [3.05, 3.63) is 54.1 Å². The largest absolute Gasteiger partial charge is 0.495 e. The van der Waals surface area contributed by atoms with Crippen LogP contribution in [0.25, 0.3) is 0 Å². The number of ether oxygens (including phenoxy) is 1. The summed E-state index contributed by atoms with van der Waals surface area (Å²) in [5, 5.41) is 2.98. The van der Waals surface area contributed by atoms with E-state index in [0.717, 1.165) is 49.3 Å². The second-order valence-electron chi connectivity index (χ2n) is 6.41. The summed E-state index contributed by atoms with van der Waals surface area (Å²) in [5.74, 6) is 1.45. The van der Waals surface area contributed by atoms with Gasteiger partial charge in [-0.3, -0.25) is 9.89 Å². The van der Waals surface area contributed by atoms with Gasteiger partial charge in [0.15, 0.2) is 0 Å². The number of carbonyl (C=O) groups is 1. The molecule has 0 radical (unpaired) electrons. The fourth-order valence-electron chi connectivity index (χ4n) is 3.11. The zero-order chi connectivity index (χ0) is 18.4. The summed E-state index contributed by atoms with van der Waals surface area (Å²) in [6.45, 7) is 2.79. The van der Waals surface area contributed by atoms with E-state index in [0.29, 0.717) is 11.4 Å². The number of rotatable bonds is 3. The number of benzene rings is 2. The molecule has 2 aromatic rings. The van der Waals surface area contributed by atoms with Crippen LogP contribution >= 0.6 is 0 Å². The summed E-state index contributed by atoms with van der Waals surface area (Å²) in [5.41, 5.74) is 2.58. The molecule has 5 nitrogen and oxygen atoms in total. The van der Waals surface area contributed by atoms with Crippen LogP contribution in [-0.2, 0) is 0 Å². The van der Waals surface area contributed by atoms with E-state index in [2.05, 4.69) is 10.3 Å². The molecule has 1 aliphatic heterocycles. The first kappa shape index (κ1) is 18.0. The molecule has 2 amide bonds. The molecule has 26 heavy (non-hydrogen) atoms.